The second-order valence-electron chi connectivity index (χ2n) is 16.4. The Bertz CT molecular complexity index is 3840. The number of fused-ring (bicyclic) bond motifs is 9. The van der Waals surface area contributed by atoms with Gasteiger partial charge in [0.1, 0.15) is 11.2 Å². The molecule has 4 heteroatoms. The second kappa shape index (κ2) is 14.7. The third kappa shape index (κ3) is 5.73. The molecule has 3 heterocycles. The van der Waals surface area contributed by atoms with Crippen molar-refractivity contribution < 1.29 is 4.42 Å². The molecule has 3 nitrogen and oxygen atoms in total. The highest BCUT2D eigenvalue weighted by Crippen LogP contribution is 2.50. The molecule has 13 aromatic rings. The lowest BCUT2D eigenvalue weighted by Crippen LogP contribution is -2.10. The smallest absolute Gasteiger partial charge is 0.143 e. The number of thiophene rings is 1. The maximum absolute atomic E-state index is 6.49. The summed E-state index contributed by atoms with van der Waals surface area (Å²) in [6.07, 6.45) is 0. The maximum atomic E-state index is 6.49. The summed E-state index contributed by atoms with van der Waals surface area (Å²) in [5.74, 6) is 0. The van der Waals surface area contributed by atoms with Gasteiger partial charge >= 0.3 is 0 Å². The third-order valence-electron chi connectivity index (χ3n) is 12.8. The van der Waals surface area contributed by atoms with Crippen LogP contribution in [-0.2, 0) is 0 Å². The number of para-hydroxylation sites is 5. The first-order valence-corrected chi connectivity index (χ1v) is 22.6. The molecule has 0 N–H and O–H groups in total. The van der Waals surface area contributed by atoms with Crippen LogP contribution in [-0.4, -0.2) is 4.57 Å². The molecule has 0 bridgehead atoms. The summed E-state index contributed by atoms with van der Waals surface area (Å²) < 4.78 is 11.5. The van der Waals surface area contributed by atoms with Crippen LogP contribution in [0.15, 0.2) is 235 Å². The lowest BCUT2D eigenvalue weighted by molar-refractivity contribution is 0.670. The van der Waals surface area contributed by atoms with Crippen LogP contribution in [0.4, 0.5) is 17.1 Å². The lowest BCUT2D eigenvalue weighted by atomic mass is 9.98. The van der Waals surface area contributed by atoms with E-state index in [4.69, 9.17) is 4.42 Å². The molecule has 0 radical (unpaired) electrons. The number of aromatic nitrogens is 1. The Hall–Kier alpha value is -8.18. The van der Waals surface area contributed by atoms with Gasteiger partial charge in [-0.15, -0.1) is 11.3 Å². The molecule has 0 saturated heterocycles. The van der Waals surface area contributed by atoms with Gasteiger partial charge in [0.2, 0.25) is 0 Å². The third-order valence-corrected chi connectivity index (χ3v) is 14.0. The Morgan fingerprint density at radius 3 is 1.69 bits per heavy atom. The molecule has 0 fully saturated rings. The van der Waals surface area contributed by atoms with E-state index in [-0.39, 0.29) is 0 Å². The molecule has 13 rings (SSSR count). The zero-order valence-corrected chi connectivity index (χ0v) is 35.5. The molecule has 0 atom stereocenters. The van der Waals surface area contributed by atoms with Gasteiger partial charge < -0.3 is 13.9 Å². The highest BCUT2D eigenvalue weighted by atomic mass is 32.1. The molecule has 0 spiro atoms. The molecular weight excluding hydrogens is 797 g/mol. The van der Waals surface area contributed by atoms with Crippen molar-refractivity contribution in [2.75, 3.05) is 4.90 Å². The van der Waals surface area contributed by atoms with Crippen LogP contribution >= 0.6 is 11.3 Å². The molecule has 0 aliphatic rings. The quantitative estimate of drug-likeness (QED) is 0.159. The molecular formula is C60H38N2OS. The fourth-order valence-corrected chi connectivity index (χ4v) is 11.2. The zero-order chi connectivity index (χ0) is 42.1. The Labute approximate surface area is 373 Å². The minimum atomic E-state index is 0.903. The van der Waals surface area contributed by atoms with Crippen molar-refractivity contribution in [1.82, 2.24) is 4.57 Å². The number of rotatable bonds is 7. The fourth-order valence-electron chi connectivity index (χ4n) is 9.91. The van der Waals surface area contributed by atoms with E-state index in [1.807, 2.05) is 23.5 Å². The van der Waals surface area contributed by atoms with Gasteiger partial charge in [-0.25, -0.2) is 0 Å². The first-order chi connectivity index (χ1) is 31.8. The van der Waals surface area contributed by atoms with Crippen molar-refractivity contribution in [3.63, 3.8) is 0 Å². The van der Waals surface area contributed by atoms with Gasteiger partial charge in [0.25, 0.3) is 0 Å². The lowest BCUT2D eigenvalue weighted by Gasteiger charge is -2.27. The minimum Gasteiger partial charge on any atom is -0.455 e. The number of furan rings is 1. The molecule has 0 saturated carbocycles. The molecule has 3 aromatic heterocycles. The summed E-state index contributed by atoms with van der Waals surface area (Å²) in [5.41, 5.74) is 15.6. The van der Waals surface area contributed by atoms with Gasteiger partial charge in [-0.3, -0.25) is 0 Å². The normalized spacial score (nSPS) is 11.8. The molecule has 10 aromatic carbocycles. The molecule has 0 unspecified atom stereocenters. The van der Waals surface area contributed by atoms with Crippen LogP contribution in [0, 0.1) is 0 Å². The van der Waals surface area contributed by atoms with Crippen molar-refractivity contribution in [3.8, 4) is 39.1 Å². The number of hydrogen-bond acceptors (Lipinski definition) is 3. The van der Waals surface area contributed by atoms with E-state index in [1.54, 1.807) is 0 Å². The van der Waals surface area contributed by atoms with Crippen LogP contribution in [0.5, 0.6) is 0 Å². The molecule has 0 aliphatic carbocycles. The Morgan fingerprint density at radius 1 is 0.375 bits per heavy atom. The highest BCUT2D eigenvalue weighted by molar-refractivity contribution is 7.26. The summed E-state index contributed by atoms with van der Waals surface area (Å²) >= 11 is 1.87. The number of hydrogen-bond donors (Lipinski definition) is 0. The Balaban J connectivity index is 1.02. The summed E-state index contributed by atoms with van der Waals surface area (Å²) in [6.45, 7) is 0. The summed E-state index contributed by atoms with van der Waals surface area (Å²) in [7, 11) is 0. The topological polar surface area (TPSA) is 21.3 Å². The van der Waals surface area contributed by atoms with Crippen LogP contribution in [0.25, 0.3) is 103 Å². The SMILES string of the molecule is c1ccc(-c2ccc(N(c3ccc(-c4cccc5c4oc4ccccc45)cc3)c3ccc(-c4ccccc4-n4c5ccccc5c5ccccc54)c4sc5ccccc5c34)cc2)cc1. The number of nitrogens with zero attached hydrogens (tertiary/aromatic N) is 2. The van der Waals surface area contributed by atoms with Gasteiger partial charge in [-0.1, -0.05) is 170 Å². The predicted molar refractivity (Wildman–Crippen MR) is 272 cm³/mol. The van der Waals surface area contributed by atoms with E-state index < -0.39 is 0 Å². The van der Waals surface area contributed by atoms with E-state index in [0.717, 1.165) is 55.8 Å². The van der Waals surface area contributed by atoms with E-state index in [2.05, 4.69) is 228 Å². The van der Waals surface area contributed by atoms with Crippen LogP contribution in [0.1, 0.15) is 0 Å². The van der Waals surface area contributed by atoms with Crippen molar-refractivity contribution in [3.05, 3.63) is 231 Å². The molecule has 64 heavy (non-hydrogen) atoms. The molecule has 0 amide bonds. The van der Waals surface area contributed by atoms with E-state index in [0.29, 0.717) is 0 Å². The zero-order valence-electron chi connectivity index (χ0n) is 34.7. The Kier molecular flexibility index (Phi) is 8.40. The van der Waals surface area contributed by atoms with Crippen molar-refractivity contribution in [1.29, 1.82) is 0 Å². The van der Waals surface area contributed by atoms with Gasteiger partial charge in [-0.2, -0.15) is 0 Å². The van der Waals surface area contributed by atoms with Crippen LogP contribution in [0.3, 0.4) is 0 Å². The van der Waals surface area contributed by atoms with Gasteiger partial charge in [0, 0.05) is 69.8 Å². The largest absolute Gasteiger partial charge is 0.455 e. The van der Waals surface area contributed by atoms with Crippen LogP contribution < -0.4 is 4.90 Å². The minimum absolute atomic E-state index is 0.903. The van der Waals surface area contributed by atoms with Gasteiger partial charge in [0.05, 0.1) is 22.4 Å². The molecule has 0 aliphatic heterocycles. The first-order valence-electron chi connectivity index (χ1n) is 21.8. The standard InChI is InChI=1S/C60H38N2OS/c1-2-15-39(16-3-1)40-29-33-42(34-30-40)61(43-35-31-41(32-36-43)44-22-14-23-49-48-20-7-12-27-56(48)63-59(44)49)55-38-37-50(60-58(55)51-21-8-13-28-57(51)64-60)47-19-6-11-26-54(47)62-52-24-9-4-17-45(52)46-18-5-10-25-53(46)62/h1-38H. The first kappa shape index (κ1) is 36.5. The second-order valence-corrected chi connectivity index (χ2v) is 17.4. The van der Waals surface area contributed by atoms with Gasteiger partial charge in [-0.05, 0) is 77.4 Å². The van der Waals surface area contributed by atoms with Crippen LogP contribution in [0.2, 0.25) is 0 Å². The predicted octanol–water partition coefficient (Wildman–Crippen LogP) is 17.5. The summed E-state index contributed by atoms with van der Waals surface area (Å²) in [5, 5.41) is 7.25. The van der Waals surface area contributed by atoms with Crippen molar-refractivity contribution in [2.45, 2.75) is 0 Å². The maximum Gasteiger partial charge on any atom is 0.143 e. The monoisotopic (exact) mass is 834 g/mol. The van der Waals surface area contributed by atoms with Gasteiger partial charge in [0.15, 0.2) is 0 Å². The highest BCUT2D eigenvalue weighted by Gasteiger charge is 2.24. The Morgan fingerprint density at radius 2 is 0.938 bits per heavy atom. The van der Waals surface area contributed by atoms with E-state index in [9.17, 15) is 0 Å². The number of anilines is 3. The number of benzene rings is 10. The van der Waals surface area contributed by atoms with E-state index in [1.165, 1.54) is 64.2 Å². The fraction of sp³-hybridized carbons (Fsp3) is 0. The molecule has 300 valence electrons. The van der Waals surface area contributed by atoms with E-state index >= 15 is 0 Å². The summed E-state index contributed by atoms with van der Waals surface area (Å²) in [6, 6.07) is 83.4. The average Bonchev–Trinajstić information content (AvgIpc) is 4.05. The van der Waals surface area contributed by atoms with Crippen molar-refractivity contribution >= 4 is 92.3 Å². The van der Waals surface area contributed by atoms with Crippen molar-refractivity contribution in [2.24, 2.45) is 0 Å². The summed E-state index contributed by atoms with van der Waals surface area (Å²) in [4.78, 5) is 2.43. The average molecular weight is 835 g/mol.